The number of methoxy groups -OCH3 is 1. The van der Waals surface area contributed by atoms with Gasteiger partial charge in [0, 0.05) is 6.42 Å². The molecule has 0 bridgehead atoms. The molecule has 0 saturated carbocycles. The van der Waals surface area contributed by atoms with E-state index in [0.29, 0.717) is 0 Å². The molecule has 9 heteroatoms. The van der Waals surface area contributed by atoms with E-state index in [1.165, 1.54) is 7.11 Å². The van der Waals surface area contributed by atoms with Gasteiger partial charge in [0.05, 0.1) is 7.11 Å². The molecule has 1 aromatic rings. The smallest absolute Gasteiger partial charge is 0.408 e. The van der Waals surface area contributed by atoms with E-state index in [0.717, 1.165) is 5.56 Å². The Morgan fingerprint density at radius 3 is 2.31 bits per heavy atom. The fourth-order valence-electron chi connectivity index (χ4n) is 2.16. The number of carbonyl (C=O) groups is 4. The highest BCUT2D eigenvalue weighted by Gasteiger charge is 2.25. The number of carbonyl (C=O) groups excluding carboxylic acids is 4. The summed E-state index contributed by atoms with van der Waals surface area (Å²) in [6, 6.07) is 8.09. The topological polar surface area (TPSA) is 120 Å². The second-order valence-electron chi connectivity index (χ2n) is 7.18. The Balaban J connectivity index is 2.39. The van der Waals surface area contributed by atoms with Gasteiger partial charge in [-0.2, -0.15) is 0 Å². The standard InChI is InChI=1S/C20H28N2O7/c1-20(2,3)29-19(26)22-15(18(25)27-4)10-11-16(23)21-12-17(24)28-13-14-8-6-5-7-9-14/h5-9,15H,10-13H2,1-4H3,(H,21,23)(H,22,26)/t15-/m1/s1. The molecular formula is C20H28N2O7. The monoisotopic (exact) mass is 408 g/mol. The Hall–Kier alpha value is -3.10. The van der Waals surface area contributed by atoms with Gasteiger partial charge in [0.15, 0.2) is 0 Å². The minimum absolute atomic E-state index is 0.0171. The van der Waals surface area contributed by atoms with Gasteiger partial charge in [-0.3, -0.25) is 9.59 Å². The lowest BCUT2D eigenvalue weighted by molar-refractivity contribution is -0.145. The predicted molar refractivity (Wildman–Crippen MR) is 104 cm³/mol. The van der Waals surface area contributed by atoms with Gasteiger partial charge in [-0.1, -0.05) is 30.3 Å². The van der Waals surface area contributed by atoms with Crippen LogP contribution in [-0.4, -0.2) is 49.2 Å². The van der Waals surface area contributed by atoms with Crippen molar-refractivity contribution in [1.82, 2.24) is 10.6 Å². The number of nitrogens with one attached hydrogen (secondary N) is 2. The molecule has 0 aliphatic rings. The van der Waals surface area contributed by atoms with Crippen molar-refractivity contribution in [3.63, 3.8) is 0 Å². The molecule has 2 N–H and O–H groups in total. The first kappa shape index (κ1) is 23.9. The Bertz CT molecular complexity index is 699. The van der Waals surface area contributed by atoms with Crippen LogP contribution in [0.2, 0.25) is 0 Å². The number of alkyl carbamates (subject to hydrolysis) is 1. The number of hydrogen-bond acceptors (Lipinski definition) is 7. The first-order chi connectivity index (χ1) is 13.6. The molecule has 0 radical (unpaired) electrons. The minimum Gasteiger partial charge on any atom is -0.467 e. The quantitative estimate of drug-likeness (QED) is 0.471. The molecule has 9 nitrogen and oxygen atoms in total. The van der Waals surface area contributed by atoms with Gasteiger partial charge >= 0.3 is 18.0 Å². The maximum absolute atomic E-state index is 11.9. The highest BCUT2D eigenvalue weighted by molar-refractivity contribution is 5.84. The number of ether oxygens (including phenoxy) is 3. The number of rotatable bonds is 9. The van der Waals surface area contributed by atoms with Gasteiger partial charge in [-0.25, -0.2) is 9.59 Å². The van der Waals surface area contributed by atoms with Gasteiger partial charge in [0.25, 0.3) is 0 Å². The molecule has 2 amide bonds. The largest absolute Gasteiger partial charge is 0.467 e. The van der Waals surface area contributed by atoms with Crippen molar-refractivity contribution in [2.45, 2.75) is 51.9 Å². The molecule has 0 unspecified atom stereocenters. The SMILES string of the molecule is COC(=O)[C@@H](CCC(=O)NCC(=O)OCc1ccccc1)NC(=O)OC(C)(C)C. The summed E-state index contributed by atoms with van der Waals surface area (Å²) in [5.74, 6) is -1.76. The lowest BCUT2D eigenvalue weighted by Crippen LogP contribution is -2.44. The molecule has 1 aromatic carbocycles. The first-order valence-electron chi connectivity index (χ1n) is 9.14. The maximum Gasteiger partial charge on any atom is 0.408 e. The summed E-state index contributed by atoms with van der Waals surface area (Å²) < 4.78 is 14.8. The zero-order valence-corrected chi connectivity index (χ0v) is 17.2. The molecule has 0 aliphatic carbocycles. The Labute approximate surface area is 170 Å². The van der Waals surface area contributed by atoms with Crippen molar-refractivity contribution in [2.75, 3.05) is 13.7 Å². The maximum atomic E-state index is 11.9. The van der Waals surface area contributed by atoms with Crippen LogP contribution in [-0.2, 0) is 35.2 Å². The Morgan fingerprint density at radius 2 is 1.72 bits per heavy atom. The van der Waals surface area contributed by atoms with Crippen molar-refractivity contribution >= 4 is 23.9 Å². The highest BCUT2D eigenvalue weighted by Crippen LogP contribution is 2.08. The van der Waals surface area contributed by atoms with Crippen molar-refractivity contribution in [3.05, 3.63) is 35.9 Å². The van der Waals surface area contributed by atoms with Crippen LogP contribution < -0.4 is 10.6 Å². The van der Waals surface area contributed by atoms with Crippen molar-refractivity contribution in [2.24, 2.45) is 0 Å². The number of benzene rings is 1. The van der Waals surface area contributed by atoms with Gasteiger partial charge in [0.2, 0.25) is 5.91 Å². The van der Waals surface area contributed by atoms with E-state index < -0.39 is 35.6 Å². The summed E-state index contributed by atoms with van der Waals surface area (Å²) in [4.78, 5) is 47.3. The summed E-state index contributed by atoms with van der Waals surface area (Å²) in [5, 5.41) is 4.79. The lowest BCUT2D eigenvalue weighted by atomic mass is 10.1. The average molecular weight is 408 g/mol. The number of esters is 2. The van der Waals surface area contributed by atoms with E-state index >= 15 is 0 Å². The van der Waals surface area contributed by atoms with Crippen LogP contribution in [0.15, 0.2) is 30.3 Å². The van der Waals surface area contributed by atoms with E-state index in [1.807, 2.05) is 30.3 Å². The summed E-state index contributed by atoms with van der Waals surface area (Å²) >= 11 is 0. The number of amides is 2. The average Bonchev–Trinajstić information content (AvgIpc) is 2.66. The van der Waals surface area contributed by atoms with E-state index in [9.17, 15) is 19.2 Å². The van der Waals surface area contributed by atoms with Crippen molar-refractivity contribution < 1.29 is 33.4 Å². The Kier molecular flexibility index (Phi) is 9.64. The molecule has 0 aromatic heterocycles. The third-order valence-corrected chi connectivity index (χ3v) is 3.51. The second kappa shape index (κ2) is 11.7. The molecule has 1 atom stereocenters. The van der Waals surface area contributed by atoms with Crippen LogP contribution in [0.3, 0.4) is 0 Å². The molecule has 0 spiro atoms. The van der Waals surface area contributed by atoms with Crippen LogP contribution >= 0.6 is 0 Å². The van der Waals surface area contributed by atoms with Crippen molar-refractivity contribution in [1.29, 1.82) is 0 Å². The molecule has 160 valence electrons. The fourth-order valence-corrected chi connectivity index (χ4v) is 2.16. The highest BCUT2D eigenvalue weighted by atomic mass is 16.6. The summed E-state index contributed by atoms with van der Waals surface area (Å²) in [6.45, 7) is 4.87. The van der Waals surface area contributed by atoms with Gasteiger partial charge in [-0.15, -0.1) is 0 Å². The van der Waals surface area contributed by atoms with Crippen LogP contribution in [0.5, 0.6) is 0 Å². The Morgan fingerprint density at radius 1 is 1.07 bits per heavy atom. The van der Waals surface area contributed by atoms with Crippen LogP contribution in [0.4, 0.5) is 4.79 Å². The summed E-state index contributed by atoms with van der Waals surface area (Å²) in [7, 11) is 1.18. The van der Waals surface area contributed by atoms with E-state index in [1.54, 1.807) is 20.8 Å². The normalized spacial score (nSPS) is 11.7. The minimum atomic E-state index is -1.05. The van der Waals surface area contributed by atoms with Crippen LogP contribution in [0, 0.1) is 0 Å². The lowest BCUT2D eigenvalue weighted by Gasteiger charge is -2.22. The molecule has 1 rings (SSSR count). The zero-order chi connectivity index (χ0) is 21.9. The number of hydrogen-bond donors (Lipinski definition) is 2. The predicted octanol–water partition coefficient (Wildman–Crippen LogP) is 1.69. The van der Waals surface area contributed by atoms with E-state index in [2.05, 4.69) is 15.4 Å². The third-order valence-electron chi connectivity index (χ3n) is 3.51. The summed E-state index contributed by atoms with van der Waals surface area (Å²) in [6.07, 6.45) is -0.920. The van der Waals surface area contributed by atoms with Crippen LogP contribution in [0.1, 0.15) is 39.2 Å². The molecule has 0 heterocycles. The summed E-state index contributed by atoms with van der Waals surface area (Å²) in [5.41, 5.74) is 0.101. The first-order valence-corrected chi connectivity index (χ1v) is 9.14. The van der Waals surface area contributed by atoms with Crippen molar-refractivity contribution in [3.8, 4) is 0 Å². The molecule has 29 heavy (non-hydrogen) atoms. The molecule has 0 saturated heterocycles. The van der Waals surface area contributed by atoms with E-state index in [-0.39, 0.29) is 26.0 Å². The second-order valence-corrected chi connectivity index (χ2v) is 7.18. The fraction of sp³-hybridized carbons (Fsp3) is 0.500. The van der Waals surface area contributed by atoms with Crippen LogP contribution in [0.25, 0.3) is 0 Å². The van der Waals surface area contributed by atoms with E-state index in [4.69, 9.17) is 9.47 Å². The molecular weight excluding hydrogens is 380 g/mol. The van der Waals surface area contributed by atoms with Gasteiger partial charge in [-0.05, 0) is 32.8 Å². The van der Waals surface area contributed by atoms with Gasteiger partial charge < -0.3 is 24.8 Å². The zero-order valence-electron chi connectivity index (χ0n) is 17.2. The molecule has 0 fully saturated rings. The van der Waals surface area contributed by atoms with Gasteiger partial charge in [0.1, 0.15) is 24.8 Å². The molecule has 0 aliphatic heterocycles. The third kappa shape index (κ3) is 10.7.